The molecule has 1 N–H and O–H groups in total. The SMILES string of the molecule is O=C(c1cc(-c2ccccn2)n[nH]1)N1CCN(c2ccc(F)cc2)CC1. The lowest BCUT2D eigenvalue weighted by molar-refractivity contribution is 0.0741. The van der Waals surface area contributed by atoms with E-state index in [1.807, 2.05) is 18.2 Å². The second kappa shape index (κ2) is 6.95. The van der Waals surface area contributed by atoms with Crippen molar-refractivity contribution in [1.29, 1.82) is 0 Å². The molecule has 26 heavy (non-hydrogen) atoms. The minimum Gasteiger partial charge on any atom is -0.368 e. The number of H-pyrrole nitrogens is 1. The largest absolute Gasteiger partial charge is 0.368 e. The van der Waals surface area contributed by atoms with Crippen LogP contribution < -0.4 is 4.90 Å². The van der Waals surface area contributed by atoms with Crippen LogP contribution in [-0.2, 0) is 0 Å². The predicted molar refractivity (Wildman–Crippen MR) is 96.3 cm³/mol. The Morgan fingerprint density at radius 1 is 1.00 bits per heavy atom. The summed E-state index contributed by atoms with van der Waals surface area (Å²) in [5, 5.41) is 7.01. The molecule has 1 aliphatic heterocycles. The van der Waals surface area contributed by atoms with Gasteiger partial charge in [-0.3, -0.25) is 14.9 Å². The monoisotopic (exact) mass is 351 g/mol. The first kappa shape index (κ1) is 16.3. The van der Waals surface area contributed by atoms with Crippen molar-refractivity contribution >= 4 is 11.6 Å². The van der Waals surface area contributed by atoms with Crippen molar-refractivity contribution in [3.63, 3.8) is 0 Å². The van der Waals surface area contributed by atoms with Gasteiger partial charge in [0.2, 0.25) is 0 Å². The molecular formula is C19H18FN5O. The highest BCUT2D eigenvalue weighted by Gasteiger charge is 2.24. The van der Waals surface area contributed by atoms with Crippen LogP contribution in [0.25, 0.3) is 11.4 Å². The Hall–Kier alpha value is -3.22. The normalized spacial score (nSPS) is 14.5. The zero-order valence-electron chi connectivity index (χ0n) is 14.1. The lowest BCUT2D eigenvalue weighted by atomic mass is 10.2. The Bertz CT molecular complexity index is 886. The van der Waals surface area contributed by atoms with Gasteiger partial charge in [-0.15, -0.1) is 0 Å². The molecule has 1 amide bonds. The molecule has 4 rings (SSSR count). The summed E-state index contributed by atoms with van der Waals surface area (Å²) in [5.74, 6) is -0.316. The van der Waals surface area contributed by atoms with E-state index in [1.54, 1.807) is 29.3 Å². The van der Waals surface area contributed by atoms with Gasteiger partial charge < -0.3 is 9.80 Å². The number of nitrogens with zero attached hydrogens (tertiary/aromatic N) is 4. The van der Waals surface area contributed by atoms with E-state index in [0.29, 0.717) is 37.6 Å². The minimum atomic E-state index is -0.245. The molecule has 0 bridgehead atoms. The minimum absolute atomic E-state index is 0.0709. The average molecular weight is 351 g/mol. The summed E-state index contributed by atoms with van der Waals surface area (Å²) in [6.07, 6.45) is 1.69. The summed E-state index contributed by atoms with van der Waals surface area (Å²) >= 11 is 0. The third-order valence-corrected chi connectivity index (χ3v) is 4.49. The molecule has 0 spiro atoms. The number of amides is 1. The summed E-state index contributed by atoms with van der Waals surface area (Å²) in [7, 11) is 0. The van der Waals surface area contributed by atoms with Gasteiger partial charge in [-0.2, -0.15) is 5.10 Å². The quantitative estimate of drug-likeness (QED) is 0.788. The number of hydrogen-bond acceptors (Lipinski definition) is 4. The highest BCUT2D eigenvalue weighted by Crippen LogP contribution is 2.19. The molecule has 0 radical (unpaired) electrons. The smallest absolute Gasteiger partial charge is 0.272 e. The van der Waals surface area contributed by atoms with E-state index in [9.17, 15) is 9.18 Å². The molecule has 1 aromatic carbocycles. The number of carbonyl (C=O) groups excluding carboxylic acids is 1. The fourth-order valence-corrected chi connectivity index (χ4v) is 3.07. The van der Waals surface area contributed by atoms with Crippen LogP contribution in [0.15, 0.2) is 54.7 Å². The van der Waals surface area contributed by atoms with Gasteiger partial charge in [-0.05, 0) is 42.5 Å². The first-order valence-electron chi connectivity index (χ1n) is 8.47. The van der Waals surface area contributed by atoms with E-state index in [0.717, 1.165) is 11.4 Å². The second-order valence-electron chi connectivity index (χ2n) is 6.14. The Balaban J connectivity index is 1.41. The van der Waals surface area contributed by atoms with Crippen molar-refractivity contribution in [2.75, 3.05) is 31.1 Å². The molecule has 0 aliphatic carbocycles. The third kappa shape index (κ3) is 3.28. The van der Waals surface area contributed by atoms with Gasteiger partial charge in [0.15, 0.2) is 0 Å². The van der Waals surface area contributed by atoms with Crippen LogP contribution >= 0.6 is 0 Å². The van der Waals surface area contributed by atoms with Crippen LogP contribution in [0.3, 0.4) is 0 Å². The molecule has 7 heteroatoms. The maximum atomic E-state index is 13.0. The molecule has 1 saturated heterocycles. The Morgan fingerprint density at radius 2 is 1.77 bits per heavy atom. The van der Waals surface area contributed by atoms with Gasteiger partial charge in [-0.1, -0.05) is 6.07 Å². The van der Waals surface area contributed by atoms with E-state index in [4.69, 9.17) is 0 Å². The summed E-state index contributed by atoms with van der Waals surface area (Å²) in [6, 6.07) is 13.7. The molecule has 1 aliphatic rings. The number of carbonyl (C=O) groups is 1. The molecule has 0 unspecified atom stereocenters. The van der Waals surface area contributed by atoms with Gasteiger partial charge in [0.05, 0.1) is 5.69 Å². The Morgan fingerprint density at radius 3 is 2.46 bits per heavy atom. The number of anilines is 1. The van der Waals surface area contributed by atoms with Gasteiger partial charge in [0.1, 0.15) is 17.2 Å². The first-order chi connectivity index (χ1) is 12.7. The van der Waals surface area contributed by atoms with E-state index in [1.165, 1.54) is 12.1 Å². The zero-order valence-corrected chi connectivity index (χ0v) is 14.1. The van der Waals surface area contributed by atoms with E-state index in [2.05, 4.69) is 20.1 Å². The fraction of sp³-hybridized carbons (Fsp3) is 0.211. The van der Waals surface area contributed by atoms with Gasteiger partial charge in [0.25, 0.3) is 5.91 Å². The van der Waals surface area contributed by atoms with E-state index >= 15 is 0 Å². The van der Waals surface area contributed by atoms with Crippen molar-refractivity contribution in [3.8, 4) is 11.4 Å². The lowest BCUT2D eigenvalue weighted by Crippen LogP contribution is -2.48. The van der Waals surface area contributed by atoms with Crippen LogP contribution in [-0.4, -0.2) is 52.2 Å². The maximum absolute atomic E-state index is 13.0. The van der Waals surface area contributed by atoms with Crippen LogP contribution in [0, 0.1) is 5.82 Å². The number of nitrogens with one attached hydrogen (secondary N) is 1. The van der Waals surface area contributed by atoms with Gasteiger partial charge >= 0.3 is 0 Å². The molecule has 0 saturated carbocycles. The van der Waals surface area contributed by atoms with Crippen molar-refractivity contribution in [2.24, 2.45) is 0 Å². The molecule has 3 heterocycles. The van der Waals surface area contributed by atoms with Crippen molar-refractivity contribution in [1.82, 2.24) is 20.1 Å². The highest BCUT2D eigenvalue weighted by atomic mass is 19.1. The van der Waals surface area contributed by atoms with Crippen molar-refractivity contribution in [2.45, 2.75) is 0 Å². The molecular weight excluding hydrogens is 333 g/mol. The van der Waals surface area contributed by atoms with E-state index < -0.39 is 0 Å². The average Bonchev–Trinajstić information content (AvgIpc) is 3.19. The number of halogens is 1. The Kier molecular flexibility index (Phi) is 4.35. The third-order valence-electron chi connectivity index (χ3n) is 4.49. The van der Waals surface area contributed by atoms with Crippen LogP contribution in [0.5, 0.6) is 0 Å². The number of aromatic nitrogens is 3. The van der Waals surface area contributed by atoms with Crippen molar-refractivity contribution < 1.29 is 9.18 Å². The number of rotatable bonds is 3. The fourth-order valence-electron chi connectivity index (χ4n) is 3.07. The maximum Gasteiger partial charge on any atom is 0.272 e. The Labute approximate surface area is 150 Å². The van der Waals surface area contributed by atoms with Gasteiger partial charge in [-0.25, -0.2) is 4.39 Å². The van der Waals surface area contributed by atoms with Crippen molar-refractivity contribution in [3.05, 3.63) is 66.2 Å². The standard InChI is InChI=1S/C19H18FN5O/c20-14-4-6-15(7-5-14)24-9-11-25(12-10-24)19(26)18-13-17(22-23-18)16-3-1-2-8-21-16/h1-8,13H,9-12H2,(H,22,23). The second-order valence-corrected chi connectivity index (χ2v) is 6.14. The number of piperazine rings is 1. The molecule has 3 aromatic rings. The molecule has 2 aromatic heterocycles. The van der Waals surface area contributed by atoms with E-state index in [-0.39, 0.29) is 11.7 Å². The predicted octanol–water partition coefficient (Wildman–Crippen LogP) is 2.57. The van der Waals surface area contributed by atoms with Crippen LogP contribution in [0.1, 0.15) is 10.5 Å². The highest BCUT2D eigenvalue weighted by molar-refractivity contribution is 5.93. The first-order valence-corrected chi connectivity index (χ1v) is 8.47. The zero-order chi connectivity index (χ0) is 17.9. The van der Waals surface area contributed by atoms with Crippen LogP contribution in [0.2, 0.25) is 0 Å². The molecule has 6 nitrogen and oxygen atoms in total. The number of benzene rings is 1. The van der Waals surface area contributed by atoms with Crippen LogP contribution in [0.4, 0.5) is 10.1 Å². The topological polar surface area (TPSA) is 65.1 Å². The lowest BCUT2D eigenvalue weighted by Gasteiger charge is -2.35. The van der Waals surface area contributed by atoms with Gasteiger partial charge in [0, 0.05) is 38.1 Å². The molecule has 1 fully saturated rings. The summed E-state index contributed by atoms with van der Waals surface area (Å²) in [6.45, 7) is 2.62. The number of aromatic amines is 1. The summed E-state index contributed by atoms with van der Waals surface area (Å²) < 4.78 is 13.0. The summed E-state index contributed by atoms with van der Waals surface area (Å²) in [5.41, 5.74) is 2.81. The number of hydrogen-bond donors (Lipinski definition) is 1. The summed E-state index contributed by atoms with van der Waals surface area (Å²) in [4.78, 5) is 20.9. The molecule has 132 valence electrons. The number of pyridine rings is 1. The molecule has 0 atom stereocenters.